The first-order valence-electron chi connectivity index (χ1n) is 9.52. The molecular formula is C20H39N3O. The molecule has 24 heavy (non-hydrogen) atoms. The molecule has 4 heteroatoms. The maximum absolute atomic E-state index is 11.5. The number of aldehydes is 1. The van der Waals surface area contributed by atoms with E-state index in [1.807, 2.05) is 0 Å². The highest BCUT2D eigenvalue weighted by Gasteiger charge is 2.45. The summed E-state index contributed by atoms with van der Waals surface area (Å²) in [6.45, 7) is 18.9. The molecule has 2 heterocycles. The van der Waals surface area contributed by atoms with Crippen LogP contribution in [-0.2, 0) is 4.79 Å². The zero-order valence-corrected chi connectivity index (χ0v) is 17.1. The Morgan fingerprint density at radius 1 is 0.750 bits per heavy atom. The molecule has 0 spiro atoms. The van der Waals surface area contributed by atoms with Crippen LogP contribution in [0.2, 0.25) is 0 Å². The van der Waals surface area contributed by atoms with Gasteiger partial charge in [-0.2, -0.15) is 0 Å². The largest absolute Gasteiger partial charge is 0.307 e. The van der Waals surface area contributed by atoms with Crippen LogP contribution in [0.3, 0.4) is 0 Å². The number of carbonyl (C=O) groups excluding carboxylic acids is 1. The molecule has 0 saturated carbocycles. The Morgan fingerprint density at radius 3 is 1.29 bits per heavy atom. The van der Waals surface area contributed by atoms with E-state index in [9.17, 15) is 4.79 Å². The summed E-state index contributed by atoms with van der Waals surface area (Å²) in [5.41, 5.74) is 0.411. The Bertz CT molecular complexity index is 398. The lowest BCUT2D eigenvalue weighted by Gasteiger charge is -2.55. The van der Waals surface area contributed by atoms with Crippen molar-refractivity contribution in [3.05, 3.63) is 0 Å². The molecule has 2 saturated heterocycles. The highest BCUT2D eigenvalue weighted by Crippen LogP contribution is 2.37. The van der Waals surface area contributed by atoms with E-state index in [1.54, 1.807) is 0 Å². The second-order valence-electron chi connectivity index (χ2n) is 10.8. The van der Waals surface area contributed by atoms with Gasteiger partial charge in [-0.05, 0) is 81.1 Å². The fourth-order valence-electron chi connectivity index (χ4n) is 5.69. The molecule has 2 rings (SSSR count). The van der Waals surface area contributed by atoms with Gasteiger partial charge in [0.25, 0.3) is 0 Å². The number of piperidine rings is 2. The fraction of sp³-hybridized carbons (Fsp3) is 0.950. The van der Waals surface area contributed by atoms with Crippen LogP contribution < -0.4 is 10.6 Å². The smallest absolute Gasteiger partial charge is 0.134 e. The Labute approximate surface area is 149 Å². The van der Waals surface area contributed by atoms with Crippen molar-refractivity contribution >= 4 is 6.29 Å². The summed E-state index contributed by atoms with van der Waals surface area (Å²) in [7, 11) is 0. The molecule has 2 fully saturated rings. The van der Waals surface area contributed by atoms with Gasteiger partial charge in [0, 0.05) is 34.2 Å². The minimum atomic E-state index is 0.103. The lowest BCUT2D eigenvalue weighted by atomic mass is 9.75. The summed E-state index contributed by atoms with van der Waals surface area (Å²) in [5, 5.41) is 7.53. The summed E-state index contributed by atoms with van der Waals surface area (Å²) < 4.78 is 0. The van der Waals surface area contributed by atoms with Crippen molar-refractivity contribution < 1.29 is 4.79 Å². The maximum Gasteiger partial charge on any atom is 0.134 e. The van der Waals surface area contributed by atoms with Crippen LogP contribution in [0, 0.1) is 0 Å². The van der Waals surface area contributed by atoms with E-state index in [0.717, 1.165) is 32.0 Å². The zero-order valence-electron chi connectivity index (χ0n) is 17.1. The highest BCUT2D eigenvalue weighted by atomic mass is 16.1. The molecule has 140 valence electrons. The molecule has 0 aromatic rings. The monoisotopic (exact) mass is 337 g/mol. The molecular weight excluding hydrogens is 298 g/mol. The first-order chi connectivity index (χ1) is 10.7. The number of hydrogen-bond acceptors (Lipinski definition) is 4. The number of nitrogens with zero attached hydrogens (tertiary/aromatic N) is 1. The van der Waals surface area contributed by atoms with Crippen LogP contribution in [0.15, 0.2) is 0 Å². The first kappa shape index (κ1) is 19.9. The molecule has 2 aliphatic rings. The van der Waals surface area contributed by atoms with Crippen LogP contribution in [0.1, 0.15) is 81.1 Å². The van der Waals surface area contributed by atoms with Gasteiger partial charge in [-0.3, -0.25) is 4.90 Å². The Kier molecular flexibility index (Phi) is 5.27. The van der Waals surface area contributed by atoms with Crippen molar-refractivity contribution in [1.82, 2.24) is 15.5 Å². The quantitative estimate of drug-likeness (QED) is 0.774. The third-order valence-electron chi connectivity index (χ3n) is 5.56. The van der Waals surface area contributed by atoms with Crippen molar-refractivity contribution in [3.8, 4) is 0 Å². The molecule has 0 amide bonds. The van der Waals surface area contributed by atoms with E-state index in [2.05, 4.69) is 70.9 Å². The van der Waals surface area contributed by atoms with Crippen molar-refractivity contribution in [3.63, 3.8) is 0 Å². The van der Waals surface area contributed by atoms with Gasteiger partial charge in [0.2, 0.25) is 0 Å². The van der Waals surface area contributed by atoms with Gasteiger partial charge >= 0.3 is 0 Å². The van der Waals surface area contributed by atoms with Gasteiger partial charge in [0.15, 0.2) is 0 Å². The molecule has 0 bridgehead atoms. The molecule has 0 aromatic carbocycles. The van der Waals surface area contributed by atoms with Gasteiger partial charge in [-0.15, -0.1) is 0 Å². The van der Waals surface area contributed by atoms with Crippen LogP contribution in [-0.4, -0.2) is 52.0 Å². The summed E-state index contributed by atoms with van der Waals surface area (Å²) in [4.78, 5) is 14.0. The highest BCUT2D eigenvalue weighted by molar-refractivity contribution is 5.52. The van der Waals surface area contributed by atoms with E-state index in [0.29, 0.717) is 18.6 Å². The topological polar surface area (TPSA) is 44.4 Å². The van der Waals surface area contributed by atoms with Crippen LogP contribution in [0.25, 0.3) is 0 Å². The van der Waals surface area contributed by atoms with Crippen LogP contribution in [0.5, 0.6) is 0 Å². The van der Waals surface area contributed by atoms with E-state index in [1.165, 1.54) is 0 Å². The number of hydrogen-bond donors (Lipinski definition) is 2. The number of carbonyl (C=O) groups is 1. The molecule has 2 N–H and O–H groups in total. The van der Waals surface area contributed by atoms with E-state index in [-0.39, 0.29) is 22.2 Å². The van der Waals surface area contributed by atoms with Gasteiger partial charge in [-0.25, -0.2) is 0 Å². The van der Waals surface area contributed by atoms with E-state index >= 15 is 0 Å². The van der Waals surface area contributed by atoms with E-state index < -0.39 is 0 Å². The average Bonchev–Trinajstić information content (AvgIpc) is 2.27. The Hall–Kier alpha value is -0.450. The van der Waals surface area contributed by atoms with Gasteiger partial charge in [0.1, 0.15) is 6.29 Å². The van der Waals surface area contributed by atoms with Crippen molar-refractivity contribution in [2.24, 2.45) is 0 Å². The van der Waals surface area contributed by atoms with Crippen LogP contribution >= 0.6 is 0 Å². The molecule has 0 aromatic heterocycles. The maximum atomic E-state index is 11.5. The van der Waals surface area contributed by atoms with Crippen LogP contribution in [0.4, 0.5) is 0 Å². The van der Waals surface area contributed by atoms with Gasteiger partial charge < -0.3 is 15.4 Å². The molecule has 2 aliphatic heterocycles. The van der Waals surface area contributed by atoms with Gasteiger partial charge in [-0.1, -0.05) is 0 Å². The lowest BCUT2D eigenvalue weighted by molar-refractivity contribution is -0.111. The SMILES string of the molecule is CC1(C)CC(N(CC=O)C2CC(C)(C)NC(C)(C)C2)CC(C)(C)N1. The number of rotatable bonds is 4. The normalized spacial score (nSPS) is 29.5. The minimum Gasteiger partial charge on any atom is -0.307 e. The second kappa shape index (κ2) is 6.37. The molecule has 0 radical (unpaired) electrons. The summed E-state index contributed by atoms with van der Waals surface area (Å²) in [5.74, 6) is 0. The standard InChI is InChI=1S/C20H39N3O/c1-17(2)11-15(12-18(3,4)21-17)23(9-10-24)16-13-19(5,6)22-20(7,8)14-16/h10,15-16,21-22H,9,11-14H2,1-8H3. The van der Waals surface area contributed by atoms with Crippen molar-refractivity contribution in [2.75, 3.05) is 6.54 Å². The molecule has 0 unspecified atom stereocenters. The lowest BCUT2D eigenvalue weighted by Crippen LogP contribution is -2.67. The summed E-state index contributed by atoms with van der Waals surface area (Å²) >= 11 is 0. The first-order valence-corrected chi connectivity index (χ1v) is 9.52. The second-order valence-corrected chi connectivity index (χ2v) is 10.8. The third kappa shape index (κ3) is 5.03. The molecule has 4 nitrogen and oxygen atoms in total. The third-order valence-corrected chi connectivity index (χ3v) is 5.56. The average molecular weight is 338 g/mol. The predicted molar refractivity (Wildman–Crippen MR) is 101 cm³/mol. The van der Waals surface area contributed by atoms with Crippen molar-refractivity contribution in [2.45, 2.75) is 115 Å². The molecule has 0 atom stereocenters. The van der Waals surface area contributed by atoms with Crippen molar-refractivity contribution in [1.29, 1.82) is 0 Å². The minimum absolute atomic E-state index is 0.103. The van der Waals surface area contributed by atoms with E-state index in [4.69, 9.17) is 0 Å². The predicted octanol–water partition coefficient (Wildman–Crippen LogP) is 3.11. The Morgan fingerprint density at radius 2 is 1.04 bits per heavy atom. The summed E-state index contributed by atoms with van der Waals surface area (Å²) in [6.07, 6.45) is 5.47. The number of nitrogens with one attached hydrogen (secondary N) is 2. The zero-order chi connectivity index (χ0) is 18.4. The Balaban J connectivity index is 2.26. The fourth-order valence-corrected chi connectivity index (χ4v) is 5.69. The summed E-state index contributed by atoms with van der Waals surface area (Å²) in [6, 6.07) is 0.910. The van der Waals surface area contributed by atoms with Gasteiger partial charge in [0.05, 0.1) is 6.54 Å². The molecule has 0 aliphatic carbocycles.